The molecule has 6 nitrogen and oxygen atoms in total. The normalized spacial score (nSPS) is 10.9. The summed E-state index contributed by atoms with van der Waals surface area (Å²) >= 11 is 1.40. The molecule has 0 fully saturated rings. The molecule has 0 spiro atoms. The van der Waals surface area contributed by atoms with Crippen molar-refractivity contribution in [2.24, 2.45) is 0 Å². The first-order chi connectivity index (χ1) is 16.5. The first kappa shape index (κ1) is 21.6. The summed E-state index contributed by atoms with van der Waals surface area (Å²) in [5.74, 6) is -0.396. The van der Waals surface area contributed by atoms with Crippen LogP contribution in [0.3, 0.4) is 0 Å². The second-order valence-electron chi connectivity index (χ2n) is 7.91. The molecular weight excluding hydrogens is 444 g/mol. The lowest BCUT2D eigenvalue weighted by atomic mass is 10.1. The van der Waals surface area contributed by atoms with Gasteiger partial charge in [0.05, 0.1) is 16.3 Å². The molecular formula is C27H22N4O2S. The number of benzene rings is 3. The molecule has 2 N–H and O–H groups in total. The SMILES string of the molecule is Cc1c(NC(=O)c2ccccc2)cccc1NC(=O)c1cc2c(C)nn(-c3ccccc3)c2s1. The minimum absolute atomic E-state index is 0.197. The molecule has 3 aromatic carbocycles. The van der Waals surface area contributed by atoms with Crippen molar-refractivity contribution < 1.29 is 9.59 Å². The van der Waals surface area contributed by atoms with Crippen molar-refractivity contribution in [2.45, 2.75) is 13.8 Å². The average molecular weight is 467 g/mol. The second-order valence-corrected chi connectivity index (χ2v) is 8.95. The number of thiophene rings is 1. The predicted molar refractivity (Wildman–Crippen MR) is 137 cm³/mol. The Hall–Kier alpha value is -4.23. The molecule has 0 aliphatic carbocycles. The van der Waals surface area contributed by atoms with Crippen LogP contribution in [-0.2, 0) is 0 Å². The summed E-state index contributed by atoms with van der Waals surface area (Å²) in [7, 11) is 0. The van der Waals surface area contributed by atoms with E-state index in [2.05, 4.69) is 15.7 Å². The number of hydrogen-bond donors (Lipinski definition) is 2. The predicted octanol–water partition coefficient (Wildman–Crippen LogP) is 6.21. The number of nitrogens with zero attached hydrogens (tertiary/aromatic N) is 2. The molecule has 0 radical (unpaired) electrons. The lowest BCUT2D eigenvalue weighted by Crippen LogP contribution is -2.15. The molecule has 5 rings (SSSR count). The number of rotatable bonds is 5. The molecule has 0 aliphatic rings. The number of hydrogen-bond acceptors (Lipinski definition) is 4. The van der Waals surface area contributed by atoms with E-state index in [1.165, 1.54) is 11.3 Å². The van der Waals surface area contributed by atoms with Crippen LogP contribution in [0.4, 0.5) is 11.4 Å². The zero-order valence-electron chi connectivity index (χ0n) is 18.7. The number of carbonyl (C=O) groups excluding carboxylic acids is 2. The third kappa shape index (κ3) is 4.09. The van der Waals surface area contributed by atoms with E-state index in [4.69, 9.17) is 0 Å². The highest BCUT2D eigenvalue weighted by atomic mass is 32.1. The van der Waals surface area contributed by atoms with Crippen LogP contribution in [0, 0.1) is 13.8 Å². The summed E-state index contributed by atoms with van der Waals surface area (Å²) in [5, 5.41) is 11.5. The Morgan fingerprint density at radius 2 is 1.41 bits per heavy atom. The van der Waals surface area contributed by atoms with Gasteiger partial charge in [0, 0.05) is 22.3 Å². The number of aromatic nitrogens is 2. The quantitative estimate of drug-likeness (QED) is 0.323. The molecule has 168 valence electrons. The molecule has 0 bridgehead atoms. The first-order valence-electron chi connectivity index (χ1n) is 10.8. The van der Waals surface area contributed by atoms with Crippen LogP contribution in [0.25, 0.3) is 15.9 Å². The molecule has 0 saturated carbocycles. The summed E-state index contributed by atoms with van der Waals surface area (Å²) in [4.78, 5) is 27.2. The Labute approximate surface area is 200 Å². The number of carbonyl (C=O) groups is 2. The van der Waals surface area contributed by atoms with Crippen LogP contribution in [0.5, 0.6) is 0 Å². The van der Waals surface area contributed by atoms with Gasteiger partial charge in [-0.15, -0.1) is 11.3 Å². The topological polar surface area (TPSA) is 76.0 Å². The first-order valence-corrected chi connectivity index (χ1v) is 11.6. The standard InChI is InChI=1S/C27H22N4O2S/c1-17-22(28-25(32)19-10-5-3-6-11-19)14-9-15-23(17)29-26(33)24-16-21-18(2)30-31(27(21)34-24)20-12-7-4-8-13-20/h3-16H,1-2H3,(H,28,32)(H,29,33). The van der Waals surface area contributed by atoms with Crippen LogP contribution in [0.15, 0.2) is 84.9 Å². The zero-order valence-corrected chi connectivity index (χ0v) is 19.5. The molecule has 5 aromatic rings. The maximum atomic E-state index is 13.1. The minimum Gasteiger partial charge on any atom is -0.322 e. The van der Waals surface area contributed by atoms with Gasteiger partial charge in [-0.1, -0.05) is 42.5 Å². The molecule has 0 unspecified atom stereocenters. The van der Waals surface area contributed by atoms with Gasteiger partial charge >= 0.3 is 0 Å². The molecule has 0 aliphatic heterocycles. The number of aryl methyl sites for hydroxylation is 1. The number of para-hydroxylation sites is 1. The highest BCUT2D eigenvalue weighted by molar-refractivity contribution is 7.20. The van der Waals surface area contributed by atoms with Gasteiger partial charge in [-0.2, -0.15) is 5.10 Å². The van der Waals surface area contributed by atoms with Crippen molar-refractivity contribution >= 4 is 44.7 Å². The van der Waals surface area contributed by atoms with Crippen LogP contribution >= 0.6 is 11.3 Å². The van der Waals surface area contributed by atoms with E-state index in [-0.39, 0.29) is 11.8 Å². The van der Waals surface area contributed by atoms with E-state index in [1.807, 2.05) is 91.3 Å². The average Bonchev–Trinajstić information content (AvgIpc) is 3.43. The van der Waals surface area contributed by atoms with E-state index in [9.17, 15) is 9.59 Å². The fourth-order valence-corrected chi connectivity index (χ4v) is 4.86. The Bertz CT molecular complexity index is 1500. The number of fused-ring (bicyclic) bond motifs is 1. The highest BCUT2D eigenvalue weighted by Gasteiger charge is 2.18. The van der Waals surface area contributed by atoms with Gasteiger partial charge in [-0.3, -0.25) is 9.59 Å². The van der Waals surface area contributed by atoms with Crippen LogP contribution in [0.2, 0.25) is 0 Å². The van der Waals surface area contributed by atoms with Crippen molar-refractivity contribution in [1.29, 1.82) is 0 Å². The van der Waals surface area contributed by atoms with Crippen LogP contribution in [0.1, 0.15) is 31.3 Å². The van der Waals surface area contributed by atoms with Crippen molar-refractivity contribution in [3.05, 3.63) is 107 Å². The maximum Gasteiger partial charge on any atom is 0.265 e. The molecule has 2 aromatic heterocycles. The van der Waals surface area contributed by atoms with Gasteiger partial charge in [0.2, 0.25) is 0 Å². The lowest BCUT2D eigenvalue weighted by Gasteiger charge is -2.13. The summed E-state index contributed by atoms with van der Waals surface area (Å²) < 4.78 is 1.87. The third-order valence-corrected chi connectivity index (χ3v) is 6.74. The zero-order chi connectivity index (χ0) is 23.7. The van der Waals surface area contributed by atoms with Crippen molar-refractivity contribution in [2.75, 3.05) is 10.6 Å². The number of amides is 2. The smallest absolute Gasteiger partial charge is 0.265 e. The Morgan fingerprint density at radius 1 is 0.794 bits per heavy atom. The summed E-state index contributed by atoms with van der Waals surface area (Å²) in [6, 6.07) is 26.2. The number of nitrogens with one attached hydrogen (secondary N) is 2. The van der Waals surface area contributed by atoms with Gasteiger partial charge in [-0.05, 0) is 61.9 Å². The minimum atomic E-state index is -0.199. The highest BCUT2D eigenvalue weighted by Crippen LogP contribution is 2.31. The number of anilines is 2. The fourth-order valence-electron chi connectivity index (χ4n) is 3.78. The van der Waals surface area contributed by atoms with Gasteiger partial charge in [0.15, 0.2) is 0 Å². The van der Waals surface area contributed by atoms with E-state index in [0.717, 1.165) is 27.2 Å². The van der Waals surface area contributed by atoms with E-state index in [0.29, 0.717) is 21.8 Å². The van der Waals surface area contributed by atoms with Crippen LogP contribution in [-0.4, -0.2) is 21.6 Å². The molecule has 2 amide bonds. The molecule has 0 saturated heterocycles. The summed E-state index contributed by atoms with van der Waals surface area (Å²) in [6.07, 6.45) is 0. The van der Waals surface area contributed by atoms with Crippen LogP contribution < -0.4 is 10.6 Å². The van der Waals surface area contributed by atoms with E-state index < -0.39 is 0 Å². The Morgan fingerprint density at radius 3 is 2.09 bits per heavy atom. The van der Waals surface area contributed by atoms with Gasteiger partial charge < -0.3 is 10.6 Å². The largest absolute Gasteiger partial charge is 0.322 e. The Kier molecular flexibility index (Phi) is 5.69. The molecule has 2 heterocycles. The van der Waals surface area contributed by atoms with Crippen molar-refractivity contribution in [3.63, 3.8) is 0 Å². The van der Waals surface area contributed by atoms with Crippen molar-refractivity contribution in [1.82, 2.24) is 9.78 Å². The maximum absolute atomic E-state index is 13.1. The van der Waals surface area contributed by atoms with Gasteiger partial charge in [0.25, 0.3) is 11.8 Å². The molecule has 34 heavy (non-hydrogen) atoms. The van der Waals surface area contributed by atoms with Crippen molar-refractivity contribution in [3.8, 4) is 5.69 Å². The fraction of sp³-hybridized carbons (Fsp3) is 0.0741. The lowest BCUT2D eigenvalue weighted by molar-refractivity contribution is 0.102. The monoisotopic (exact) mass is 466 g/mol. The summed E-state index contributed by atoms with van der Waals surface area (Å²) in [5.41, 5.74) is 4.48. The van der Waals surface area contributed by atoms with E-state index >= 15 is 0 Å². The van der Waals surface area contributed by atoms with E-state index in [1.54, 1.807) is 12.1 Å². The molecule has 7 heteroatoms. The van der Waals surface area contributed by atoms with Gasteiger partial charge in [-0.25, -0.2) is 4.68 Å². The third-order valence-electron chi connectivity index (χ3n) is 5.64. The Balaban J connectivity index is 1.39. The second kappa shape index (κ2) is 8.96. The molecule has 0 atom stereocenters. The summed E-state index contributed by atoms with van der Waals surface area (Å²) in [6.45, 7) is 3.82. The van der Waals surface area contributed by atoms with Gasteiger partial charge in [0.1, 0.15) is 4.83 Å².